The Kier molecular flexibility index (Phi) is 5.89. The number of hydrogen-bond donors (Lipinski definition) is 0. The highest BCUT2D eigenvalue weighted by molar-refractivity contribution is 5.94. The molecule has 0 radical (unpaired) electrons. The van der Waals surface area contributed by atoms with Crippen molar-refractivity contribution in [2.24, 2.45) is 17.8 Å². The van der Waals surface area contributed by atoms with E-state index in [0.29, 0.717) is 0 Å². The number of carbonyl (C=O) groups excluding carboxylic acids is 1. The van der Waals surface area contributed by atoms with Crippen LogP contribution in [0.3, 0.4) is 0 Å². The van der Waals surface area contributed by atoms with Crippen molar-refractivity contribution in [3.63, 3.8) is 0 Å². The molecule has 1 aromatic carbocycles. The summed E-state index contributed by atoms with van der Waals surface area (Å²) in [6, 6.07) is 9.81. The zero-order chi connectivity index (χ0) is 21.6. The van der Waals surface area contributed by atoms with Crippen LogP contribution in [0.1, 0.15) is 75.2 Å². The second-order valence-electron chi connectivity index (χ2n) is 11.5. The van der Waals surface area contributed by atoms with Gasteiger partial charge >= 0.3 is 0 Å². The number of nitrogens with zero attached hydrogens (tertiary/aromatic N) is 2. The van der Waals surface area contributed by atoms with Gasteiger partial charge in [-0.3, -0.25) is 9.69 Å². The molecule has 0 spiro atoms. The third-order valence-electron chi connectivity index (χ3n) is 8.53. The van der Waals surface area contributed by atoms with Crippen molar-refractivity contribution in [1.82, 2.24) is 9.80 Å². The molecule has 1 saturated carbocycles. The number of carbonyl (C=O) groups is 1. The van der Waals surface area contributed by atoms with E-state index in [1.165, 1.54) is 50.6 Å². The van der Waals surface area contributed by atoms with Crippen LogP contribution in [-0.2, 0) is 10.2 Å². The Morgan fingerprint density at radius 1 is 1.00 bits per heavy atom. The lowest BCUT2D eigenvalue weighted by atomic mass is 9.86. The zero-order valence-electron chi connectivity index (χ0n) is 19.7. The number of ether oxygens (including phenoxy) is 1. The molecule has 1 aromatic rings. The van der Waals surface area contributed by atoms with Gasteiger partial charge in [-0.25, -0.2) is 0 Å². The van der Waals surface area contributed by atoms with E-state index in [1.807, 2.05) is 12.1 Å². The van der Waals surface area contributed by atoms with E-state index in [0.717, 1.165) is 61.7 Å². The van der Waals surface area contributed by atoms with E-state index in [4.69, 9.17) is 4.74 Å². The lowest BCUT2D eigenvalue weighted by molar-refractivity contribution is 0.000655. The Morgan fingerprint density at radius 2 is 1.68 bits per heavy atom. The Hall–Kier alpha value is -1.39. The van der Waals surface area contributed by atoms with Gasteiger partial charge in [0.2, 0.25) is 0 Å². The third kappa shape index (κ3) is 4.43. The molecule has 5 rings (SSSR count). The summed E-state index contributed by atoms with van der Waals surface area (Å²) in [4.78, 5) is 18.0. The number of likely N-dealkylation sites (tertiary alicyclic amines) is 2. The molecule has 4 heteroatoms. The highest BCUT2D eigenvalue weighted by Crippen LogP contribution is 2.55. The summed E-state index contributed by atoms with van der Waals surface area (Å²) in [5.41, 5.74) is 2.26. The SMILES string of the molecule is CC(C)(C)c1ccc(C(=O)N2CC3C(CC4CCCCN4C4CCOCC4)C3C2)cc1. The molecule has 4 aliphatic rings. The summed E-state index contributed by atoms with van der Waals surface area (Å²) in [5.74, 6) is 2.57. The van der Waals surface area contributed by atoms with Crippen LogP contribution >= 0.6 is 0 Å². The summed E-state index contributed by atoms with van der Waals surface area (Å²) < 4.78 is 5.61. The van der Waals surface area contributed by atoms with Crippen molar-refractivity contribution in [1.29, 1.82) is 0 Å². The number of hydrogen-bond acceptors (Lipinski definition) is 3. The molecular formula is C27H40N2O2. The Bertz CT molecular complexity index is 765. The molecule has 4 fully saturated rings. The molecule has 3 unspecified atom stereocenters. The maximum Gasteiger partial charge on any atom is 0.253 e. The van der Waals surface area contributed by atoms with E-state index < -0.39 is 0 Å². The van der Waals surface area contributed by atoms with E-state index in [9.17, 15) is 4.79 Å². The van der Waals surface area contributed by atoms with Gasteiger partial charge in [0, 0.05) is 44.0 Å². The average molecular weight is 425 g/mol. The zero-order valence-corrected chi connectivity index (χ0v) is 19.7. The molecule has 1 aliphatic carbocycles. The molecule has 31 heavy (non-hydrogen) atoms. The Balaban J connectivity index is 1.15. The van der Waals surface area contributed by atoms with Gasteiger partial charge < -0.3 is 9.64 Å². The molecule has 3 atom stereocenters. The lowest BCUT2D eigenvalue weighted by Gasteiger charge is -2.43. The smallest absolute Gasteiger partial charge is 0.253 e. The van der Waals surface area contributed by atoms with Gasteiger partial charge in [0.15, 0.2) is 0 Å². The summed E-state index contributed by atoms with van der Waals surface area (Å²) in [5, 5.41) is 0. The predicted molar refractivity (Wildman–Crippen MR) is 124 cm³/mol. The van der Waals surface area contributed by atoms with E-state index in [-0.39, 0.29) is 11.3 Å². The largest absolute Gasteiger partial charge is 0.381 e. The van der Waals surface area contributed by atoms with Crippen LogP contribution in [0.4, 0.5) is 0 Å². The summed E-state index contributed by atoms with van der Waals surface area (Å²) in [7, 11) is 0. The van der Waals surface area contributed by atoms with E-state index in [1.54, 1.807) is 0 Å². The van der Waals surface area contributed by atoms with Crippen LogP contribution in [0.5, 0.6) is 0 Å². The minimum absolute atomic E-state index is 0.127. The molecule has 3 saturated heterocycles. The minimum Gasteiger partial charge on any atom is -0.381 e. The van der Waals surface area contributed by atoms with Crippen LogP contribution < -0.4 is 0 Å². The van der Waals surface area contributed by atoms with Crippen molar-refractivity contribution in [2.45, 2.75) is 76.8 Å². The van der Waals surface area contributed by atoms with Crippen molar-refractivity contribution < 1.29 is 9.53 Å². The molecule has 3 heterocycles. The molecule has 0 bridgehead atoms. The minimum atomic E-state index is 0.127. The first kappa shape index (κ1) is 21.5. The molecule has 1 amide bonds. The van der Waals surface area contributed by atoms with Crippen LogP contribution in [0.15, 0.2) is 24.3 Å². The first-order chi connectivity index (χ1) is 14.9. The highest BCUT2D eigenvalue weighted by atomic mass is 16.5. The van der Waals surface area contributed by atoms with Crippen molar-refractivity contribution >= 4 is 5.91 Å². The standard InChI is InChI=1S/C27H40N2O2/c1-27(2,3)20-9-7-19(8-10-20)26(30)28-17-24-23(25(24)18-28)16-22-6-4-5-13-29(22)21-11-14-31-15-12-21/h7-10,21-25H,4-6,11-18H2,1-3H3. The fourth-order valence-corrected chi connectivity index (χ4v) is 6.55. The number of rotatable bonds is 4. The molecule has 0 aromatic heterocycles. The van der Waals surface area contributed by atoms with Gasteiger partial charge in [-0.2, -0.15) is 0 Å². The first-order valence-corrected chi connectivity index (χ1v) is 12.6. The van der Waals surface area contributed by atoms with Gasteiger partial charge in [0.25, 0.3) is 5.91 Å². The van der Waals surface area contributed by atoms with Crippen molar-refractivity contribution in [2.75, 3.05) is 32.8 Å². The molecular weight excluding hydrogens is 384 g/mol. The summed E-state index contributed by atoms with van der Waals surface area (Å²) in [6.07, 6.45) is 7.91. The van der Waals surface area contributed by atoms with Gasteiger partial charge in [-0.05, 0) is 79.5 Å². The quantitative estimate of drug-likeness (QED) is 0.701. The van der Waals surface area contributed by atoms with Crippen LogP contribution in [0.2, 0.25) is 0 Å². The average Bonchev–Trinajstić information content (AvgIpc) is 3.21. The number of fused-ring (bicyclic) bond motifs is 1. The molecule has 0 N–H and O–H groups in total. The number of piperidine rings is 2. The van der Waals surface area contributed by atoms with Crippen LogP contribution in [-0.4, -0.2) is 60.6 Å². The van der Waals surface area contributed by atoms with Crippen molar-refractivity contribution in [3.8, 4) is 0 Å². The first-order valence-electron chi connectivity index (χ1n) is 12.6. The monoisotopic (exact) mass is 424 g/mol. The van der Waals surface area contributed by atoms with Gasteiger partial charge in [0.1, 0.15) is 0 Å². The van der Waals surface area contributed by atoms with Gasteiger partial charge in [-0.15, -0.1) is 0 Å². The summed E-state index contributed by atoms with van der Waals surface area (Å²) >= 11 is 0. The van der Waals surface area contributed by atoms with Crippen LogP contribution in [0, 0.1) is 17.8 Å². The van der Waals surface area contributed by atoms with Crippen LogP contribution in [0.25, 0.3) is 0 Å². The Labute approximate surface area is 188 Å². The Morgan fingerprint density at radius 3 is 2.32 bits per heavy atom. The lowest BCUT2D eigenvalue weighted by Crippen LogP contribution is -2.48. The molecule has 170 valence electrons. The normalized spacial score (nSPS) is 32.2. The summed E-state index contributed by atoms with van der Waals surface area (Å²) in [6.45, 7) is 11.8. The van der Waals surface area contributed by atoms with E-state index >= 15 is 0 Å². The van der Waals surface area contributed by atoms with Crippen molar-refractivity contribution in [3.05, 3.63) is 35.4 Å². The third-order valence-corrected chi connectivity index (χ3v) is 8.53. The highest BCUT2D eigenvalue weighted by Gasteiger charge is 2.57. The second kappa shape index (κ2) is 8.51. The second-order valence-corrected chi connectivity index (χ2v) is 11.5. The number of amides is 1. The fourth-order valence-electron chi connectivity index (χ4n) is 6.55. The van der Waals surface area contributed by atoms with Gasteiger partial charge in [-0.1, -0.05) is 39.3 Å². The van der Waals surface area contributed by atoms with Gasteiger partial charge in [0.05, 0.1) is 0 Å². The molecule has 3 aliphatic heterocycles. The molecule has 4 nitrogen and oxygen atoms in total. The fraction of sp³-hybridized carbons (Fsp3) is 0.741. The maximum absolute atomic E-state index is 13.0. The maximum atomic E-state index is 13.0. The topological polar surface area (TPSA) is 32.8 Å². The predicted octanol–water partition coefficient (Wildman–Crippen LogP) is 4.73. The van der Waals surface area contributed by atoms with E-state index in [2.05, 4.69) is 42.7 Å². The number of benzene rings is 1.